The molecule has 4 heteroatoms. The van der Waals surface area contributed by atoms with Crippen molar-refractivity contribution in [1.29, 1.82) is 0 Å². The number of nitrogens with zero attached hydrogens (tertiary/aromatic N) is 1. The van der Waals surface area contributed by atoms with Crippen molar-refractivity contribution in [2.75, 3.05) is 13.2 Å². The van der Waals surface area contributed by atoms with E-state index in [1.165, 1.54) is 38.5 Å². The van der Waals surface area contributed by atoms with Crippen LogP contribution in [0.25, 0.3) is 0 Å². The summed E-state index contributed by atoms with van der Waals surface area (Å²) in [5, 5.41) is 3.53. The molecule has 4 saturated carbocycles. The zero-order chi connectivity index (χ0) is 14.0. The predicted octanol–water partition coefficient (Wildman–Crippen LogP) is 2.53. The highest BCUT2D eigenvalue weighted by atomic mass is 16.5. The summed E-state index contributed by atoms with van der Waals surface area (Å²) >= 11 is 0. The highest BCUT2D eigenvalue weighted by Gasteiger charge is 2.52. The number of morpholine rings is 1. The highest BCUT2D eigenvalue weighted by molar-refractivity contribution is 5.76. The fourth-order valence-corrected chi connectivity index (χ4v) is 6.52. The second-order valence-corrected chi connectivity index (χ2v) is 8.46. The molecule has 6 aliphatic rings. The summed E-state index contributed by atoms with van der Waals surface area (Å²) in [4.78, 5) is 15.0. The molecule has 0 aromatic heterocycles. The van der Waals surface area contributed by atoms with Crippen molar-refractivity contribution in [2.45, 2.75) is 69.0 Å². The number of urea groups is 1. The maximum Gasteiger partial charge on any atom is 0.318 e. The molecular formula is C17H26N2O2. The predicted molar refractivity (Wildman–Crippen MR) is 78.9 cm³/mol. The van der Waals surface area contributed by atoms with Gasteiger partial charge in [-0.2, -0.15) is 0 Å². The summed E-state index contributed by atoms with van der Waals surface area (Å²) in [6, 6.07) is 0.878. The number of carbonyl (C=O) groups excluding carboxylic acids is 1. The number of nitrogens with one attached hydrogen (secondary N) is 1. The zero-order valence-corrected chi connectivity index (χ0v) is 12.7. The second-order valence-electron chi connectivity index (χ2n) is 8.46. The third-order valence-electron chi connectivity index (χ3n) is 6.89. The highest BCUT2D eigenvalue weighted by Crippen LogP contribution is 2.55. The Balaban J connectivity index is 1.34. The van der Waals surface area contributed by atoms with E-state index in [2.05, 4.69) is 10.2 Å². The van der Waals surface area contributed by atoms with Gasteiger partial charge in [0.1, 0.15) is 0 Å². The third-order valence-corrected chi connectivity index (χ3v) is 6.89. The van der Waals surface area contributed by atoms with Gasteiger partial charge in [0, 0.05) is 5.54 Å². The molecule has 2 aliphatic heterocycles. The van der Waals surface area contributed by atoms with Gasteiger partial charge >= 0.3 is 6.03 Å². The molecule has 0 unspecified atom stereocenters. The van der Waals surface area contributed by atoms with Gasteiger partial charge < -0.3 is 15.0 Å². The first kappa shape index (κ1) is 12.7. The van der Waals surface area contributed by atoms with Crippen LogP contribution in [0.5, 0.6) is 0 Å². The Bertz CT molecular complexity index is 412. The van der Waals surface area contributed by atoms with Crippen LogP contribution in [-0.2, 0) is 4.74 Å². The molecule has 2 heterocycles. The lowest BCUT2D eigenvalue weighted by Gasteiger charge is -2.57. The molecule has 21 heavy (non-hydrogen) atoms. The number of hydrogen-bond acceptors (Lipinski definition) is 2. The first-order valence-electron chi connectivity index (χ1n) is 8.89. The molecule has 6 fully saturated rings. The molecule has 1 N–H and O–H groups in total. The van der Waals surface area contributed by atoms with Crippen LogP contribution in [0.2, 0.25) is 0 Å². The number of hydrogen-bond donors (Lipinski definition) is 1. The monoisotopic (exact) mass is 290 g/mol. The molecule has 2 atom stereocenters. The van der Waals surface area contributed by atoms with Crippen LogP contribution in [0.15, 0.2) is 0 Å². The lowest BCUT2D eigenvalue weighted by Crippen LogP contribution is -2.64. The molecule has 0 radical (unpaired) electrons. The van der Waals surface area contributed by atoms with Gasteiger partial charge in [-0.3, -0.25) is 0 Å². The summed E-state index contributed by atoms with van der Waals surface area (Å²) < 4.78 is 5.61. The van der Waals surface area contributed by atoms with Crippen molar-refractivity contribution >= 4 is 6.03 Å². The Morgan fingerprint density at radius 1 is 0.952 bits per heavy atom. The van der Waals surface area contributed by atoms with E-state index < -0.39 is 0 Å². The minimum Gasteiger partial charge on any atom is -0.377 e. The van der Waals surface area contributed by atoms with Gasteiger partial charge in [0.15, 0.2) is 0 Å². The third kappa shape index (κ3) is 1.94. The first-order valence-corrected chi connectivity index (χ1v) is 8.89. The van der Waals surface area contributed by atoms with Crippen molar-refractivity contribution < 1.29 is 9.53 Å². The Kier molecular flexibility index (Phi) is 2.65. The van der Waals surface area contributed by atoms with Gasteiger partial charge in [-0.05, 0) is 69.1 Å². The van der Waals surface area contributed by atoms with Crippen molar-refractivity contribution in [2.24, 2.45) is 17.8 Å². The van der Waals surface area contributed by atoms with Gasteiger partial charge in [0.05, 0.1) is 25.3 Å². The Morgan fingerprint density at radius 3 is 2.00 bits per heavy atom. The van der Waals surface area contributed by atoms with Crippen molar-refractivity contribution in [1.82, 2.24) is 10.2 Å². The average Bonchev–Trinajstić information content (AvgIpc) is 2.67. The number of amides is 2. The fourth-order valence-electron chi connectivity index (χ4n) is 6.52. The van der Waals surface area contributed by atoms with Crippen molar-refractivity contribution in [3.63, 3.8) is 0 Å². The molecule has 116 valence electrons. The van der Waals surface area contributed by atoms with E-state index in [1.54, 1.807) is 0 Å². The lowest BCUT2D eigenvalue weighted by molar-refractivity contribution is -0.0259. The lowest BCUT2D eigenvalue weighted by atomic mass is 9.53. The van der Waals surface area contributed by atoms with Crippen LogP contribution in [0.3, 0.4) is 0 Å². The average molecular weight is 290 g/mol. The maximum atomic E-state index is 12.9. The standard InChI is InChI=1S/C17H26N2O2/c20-16(19-14-1-2-15(19)10-21-9-14)18-17-6-11-3-12(7-17)5-13(4-11)8-17/h11-15H,1-10H2,(H,18,20)/t11?,12?,13?,14-,15-,17?/m0/s1. The number of rotatable bonds is 1. The number of fused-ring (bicyclic) bond motifs is 2. The van der Waals surface area contributed by atoms with E-state index in [0.29, 0.717) is 12.1 Å². The van der Waals surface area contributed by atoms with Crippen LogP contribution in [0.1, 0.15) is 51.4 Å². The molecule has 6 bridgehead atoms. The van der Waals surface area contributed by atoms with Crippen LogP contribution >= 0.6 is 0 Å². The van der Waals surface area contributed by atoms with Gasteiger partial charge in [0.25, 0.3) is 0 Å². The van der Waals surface area contributed by atoms with Crippen LogP contribution in [-0.4, -0.2) is 41.8 Å². The van der Waals surface area contributed by atoms with E-state index in [-0.39, 0.29) is 11.6 Å². The summed E-state index contributed by atoms with van der Waals surface area (Å²) in [5.41, 5.74) is 0.142. The van der Waals surface area contributed by atoms with Crippen LogP contribution in [0.4, 0.5) is 4.79 Å². The molecule has 0 aromatic carbocycles. The summed E-state index contributed by atoms with van der Waals surface area (Å²) in [7, 11) is 0. The van der Waals surface area contributed by atoms with Crippen molar-refractivity contribution in [3.05, 3.63) is 0 Å². The molecule has 4 nitrogen and oxygen atoms in total. The summed E-state index contributed by atoms with van der Waals surface area (Å²) in [5.74, 6) is 2.66. The van der Waals surface area contributed by atoms with E-state index in [9.17, 15) is 4.79 Å². The first-order chi connectivity index (χ1) is 10.2. The van der Waals surface area contributed by atoms with E-state index >= 15 is 0 Å². The van der Waals surface area contributed by atoms with Gasteiger partial charge in [-0.15, -0.1) is 0 Å². The minimum absolute atomic E-state index is 0.142. The molecule has 4 aliphatic carbocycles. The summed E-state index contributed by atoms with van der Waals surface area (Å²) in [6.07, 6.45) is 10.3. The SMILES string of the molecule is O=C(NC12CC3CC(CC(C3)C1)C2)N1[C@H]2CC[C@H]1COC2. The molecule has 0 aromatic rings. The maximum absolute atomic E-state index is 12.9. The fraction of sp³-hybridized carbons (Fsp3) is 0.941. The molecule has 2 amide bonds. The van der Waals surface area contributed by atoms with Gasteiger partial charge in [-0.25, -0.2) is 4.79 Å². The Labute approximate surface area is 126 Å². The zero-order valence-electron chi connectivity index (χ0n) is 12.7. The molecule has 0 spiro atoms. The summed E-state index contributed by atoms with van der Waals surface area (Å²) in [6.45, 7) is 1.48. The van der Waals surface area contributed by atoms with E-state index in [4.69, 9.17) is 4.74 Å². The normalized spacial score (nSPS) is 50.5. The second kappa shape index (κ2) is 4.37. The minimum atomic E-state index is 0.142. The Morgan fingerprint density at radius 2 is 1.48 bits per heavy atom. The molecular weight excluding hydrogens is 264 g/mol. The van der Waals surface area contributed by atoms with Crippen LogP contribution in [0, 0.1) is 17.8 Å². The molecule has 6 rings (SSSR count). The number of ether oxygens (including phenoxy) is 1. The van der Waals surface area contributed by atoms with Gasteiger partial charge in [0.2, 0.25) is 0 Å². The van der Waals surface area contributed by atoms with E-state index in [1.807, 2.05) is 0 Å². The molecule has 2 saturated heterocycles. The van der Waals surface area contributed by atoms with Crippen molar-refractivity contribution in [3.8, 4) is 0 Å². The topological polar surface area (TPSA) is 41.6 Å². The van der Waals surface area contributed by atoms with Gasteiger partial charge in [-0.1, -0.05) is 0 Å². The number of carbonyl (C=O) groups is 1. The smallest absolute Gasteiger partial charge is 0.318 e. The Hall–Kier alpha value is -0.770. The largest absolute Gasteiger partial charge is 0.377 e. The van der Waals surface area contributed by atoms with Crippen LogP contribution < -0.4 is 5.32 Å². The quantitative estimate of drug-likeness (QED) is 0.806. The van der Waals surface area contributed by atoms with E-state index in [0.717, 1.165) is 43.8 Å².